The van der Waals surface area contributed by atoms with E-state index >= 15 is 0 Å². The molecule has 1 aliphatic rings. The van der Waals surface area contributed by atoms with Gasteiger partial charge in [-0.05, 0) is 43.2 Å². The summed E-state index contributed by atoms with van der Waals surface area (Å²) in [5.74, 6) is -0.829. The number of amides is 1. The van der Waals surface area contributed by atoms with Crippen LogP contribution in [0.3, 0.4) is 0 Å². The molecule has 0 atom stereocenters. The van der Waals surface area contributed by atoms with Crippen LogP contribution in [0.25, 0.3) is 0 Å². The van der Waals surface area contributed by atoms with E-state index in [1.54, 1.807) is 0 Å². The van der Waals surface area contributed by atoms with Crippen molar-refractivity contribution in [3.63, 3.8) is 0 Å². The number of halogens is 2. The highest BCUT2D eigenvalue weighted by Crippen LogP contribution is 2.29. The van der Waals surface area contributed by atoms with Gasteiger partial charge in [-0.15, -0.1) is 0 Å². The van der Waals surface area contributed by atoms with Crippen LogP contribution in [-0.4, -0.2) is 31.6 Å². The molecule has 0 radical (unpaired) electrons. The number of nitrogens with one attached hydrogen (secondary N) is 1. The van der Waals surface area contributed by atoms with Crippen molar-refractivity contribution in [3.05, 3.63) is 52.9 Å². The Labute approximate surface area is 168 Å². The van der Waals surface area contributed by atoms with E-state index in [2.05, 4.69) is 10.3 Å². The van der Waals surface area contributed by atoms with Gasteiger partial charge >= 0.3 is 0 Å². The van der Waals surface area contributed by atoms with Crippen molar-refractivity contribution in [1.82, 2.24) is 4.98 Å². The molecule has 1 aliphatic carbocycles. The molecule has 0 spiro atoms. The lowest BCUT2D eigenvalue weighted by Gasteiger charge is -2.33. The molecule has 0 bridgehead atoms. The minimum atomic E-state index is -3.55. The molecule has 0 aliphatic heterocycles. The summed E-state index contributed by atoms with van der Waals surface area (Å²) in [5.41, 5.74) is 0.580. The summed E-state index contributed by atoms with van der Waals surface area (Å²) in [5, 5.41) is 2.52. The summed E-state index contributed by atoms with van der Waals surface area (Å²) in [6.07, 6.45) is 7.09. The van der Waals surface area contributed by atoms with Crippen LogP contribution < -0.4 is 9.62 Å². The number of nitrogens with zero attached hydrogens (tertiary/aromatic N) is 2. The monoisotopic (exact) mass is 425 g/mol. The first-order chi connectivity index (χ1) is 13.3. The fourth-order valence-electron chi connectivity index (χ4n) is 3.40. The van der Waals surface area contributed by atoms with Gasteiger partial charge in [0.1, 0.15) is 11.6 Å². The van der Waals surface area contributed by atoms with Gasteiger partial charge in [0, 0.05) is 23.5 Å². The van der Waals surface area contributed by atoms with Crippen molar-refractivity contribution in [2.45, 2.75) is 38.1 Å². The number of anilines is 2. The molecule has 0 unspecified atom stereocenters. The Morgan fingerprint density at radius 2 is 1.93 bits per heavy atom. The summed E-state index contributed by atoms with van der Waals surface area (Å²) < 4.78 is 39.4. The maximum Gasteiger partial charge on any atom is 0.255 e. The zero-order valence-corrected chi connectivity index (χ0v) is 16.9. The van der Waals surface area contributed by atoms with Gasteiger partial charge in [0.15, 0.2) is 0 Å². The lowest BCUT2D eigenvalue weighted by Crippen LogP contribution is -2.41. The number of aromatic nitrogens is 1. The van der Waals surface area contributed by atoms with Crippen molar-refractivity contribution in [2.24, 2.45) is 0 Å². The molecule has 1 saturated carbocycles. The first kappa shape index (κ1) is 20.5. The van der Waals surface area contributed by atoms with Crippen molar-refractivity contribution in [1.29, 1.82) is 0 Å². The van der Waals surface area contributed by atoms with Crippen molar-refractivity contribution in [3.8, 4) is 0 Å². The molecule has 1 fully saturated rings. The van der Waals surface area contributed by atoms with E-state index in [1.165, 1.54) is 34.8 Å². The second-order valence-corrected chi connectivity index (χ2v) is 9.10. The van der Waals surface area contributed by atoms with Crippen molar-refractivity contribution in [2.75, 3.05) is 15.9 Å². The zero-order valence-electron chi connectivity index (χ0n) is 15.4. The normalized spacial score (nSPS) is 15.2. The Balaban J connectivity index is 1.87. The van der Waals surface area contributed by atoms with Crippen LogP contribution >= 0.6 is 11.6 Å². The lowest BCUT2D eigenvalue weighted by molar-refractivity contribution is 0.102. The summed E-state index contributed by atoms with van der Waals surface area (Å²) in [6, 6.07) is 6.64. The third kappa shape index (κ3) is 4.80. The highest BCUT2D eigenvalue weighted by Gasteiger charge is 2.29. The Hall–Kier alpha value is -2.19. The summed E-state index contributed by atoms with van der Waals surface area (Å²) in [4.78, 5) is 16.8. The lowest BCUT2D eigenvalue weighted by atomic mass is 9.95. The number of rotatable bonds is 5. The van der Waals surface area contributed by atoms with Crippen LogP contribution in [0.1, 0.15) is 42.5 Å². The Morgan fingerprint density at radius 1 is 1.21 bits per heavy atom. The first-order valence-corrected chi connectivity index (χ1v) is 11.2. The zero-order chi connectivity index (χ0) is 20.3. The van der Waals surface area contributed by atoms with Gasteiger partial charge < -0.3 is 5.32 Å². The van der Waals surface area contributed by atoms with Crippen molar-refractivity contribution >= 4 is 39.0 Å². The molecular weight excluding hydrogens is 405 g/mol. The third-order valence-electron chi connectivity index (χ3n) is 4.67. The van der Waals surface area contributed by atoms with E-state index in [4.69, 9.17) is 11.6 Å². The molecule has 1 heterocycles. The fraction of sp³-hybridized carbons (Fsp3) is 0.368. The van der Waals surface area contributed by atoms with Crippen molar-refractivity contribution < 1.29 is 17.6 Å². The average Bonchev–Trinajstić information content (AvgIpc) is 2.65. The molecule has 1 aromatic heterocycles. The van der Waals surface area contributed by atoms with Gasteiger partial charge in [-0.2, -0.15) is 0 Å². The quantitative estimate of drug-likeness (QED) is 0.777. The van der Waals surface area contributed by atoms with Crippen LogP contribution in [0.2, 0.25) is 5.02 Å². The van der Waals surface area contributed by atoms with Crippen LogP contribution in [-0.2, 0) is 10.0 Å². The molecule has 150 valence electrons. The predicted molar refractivity (Wildman–Crippen MR) is 108 cm³/mol. The van der Waals surface area contributed by atoms with Crippen LogP contribution in [0.15, 0.2) is 36.5 Å². The van der Waals surface area contributed by atoms with Crippen LogP contribution in [0, 0.1) is 5.82 Å². The minimum Gasteiger partial charge on any atom is -0.322 e. The highest BCUT2D eigenvalue weighted by molar-refractivity contribution is 7.92. The highest BCUT2D eigenvalue weighted by atomic mass is 35.5. The Morgan fingerprint density at radius 3 is 2.57 bits per heavy atom. The number of carbonyl (C=O) groups excluding carboxylic acids is 1. The molecule has 9 heteroatoms. The maximum absolute atomic E-state index is 13.3. The summed E-state index contributed by atoms with van der Waals surface area (Å²) >= 11 is 5.74. The van der Waals surface area contributed by atoms with Crippen LogP contribution in [0.5, 0.6) is 0 Å². The second-order valence-electron chi connectivity index (χ2n) is 6.84. The molecule has 3 rings (SSSR count). The average molecular weight is 426 g/mol. The number of hydrogen-bond acceptors (Lipinski definition) is 4. The molecule has 1 amide bonds. The van der Waals surface area contributed by atoms with Gasteiger partial charge in [-0.3, -0.25) is 9.10 Å². The molecule has 0 saturated heterocycles. The molecule has 1 aromatic carbocycles. The van der Waals surface area contributed by atoms with E-state index in [-0.39, 0.29) is 22.4 Å². The number of carbonyl (C=O) groups is 1. The number of benzene rings is 1. The number of hydrogen-bond donors (Lipinski definition) is 1. The van der Waals surface area contributed by atoms with Gasteiger partial charge in [0.05, 0.1) is 11.3 Å². The van der Waals surface area contributed by atoms with E-state index < -0.39 is 21.7 Å². The van der Waals surface area contributed by atoms with Gasteiger partial charge in [0.25, 0.3) is 5.91 Å². The molecule has 28 heavy (non-hydrogen) atoms. The standard InChI is InChI=1S/C19H21ClFN3O3S/c1-28(26,27)24(15-5-3-2-4-6-15)18-11-13(9-10-22-18)19(25)23-14-7-8-17(21)16(20)12-14/h7-12,15H,2-6H2,1H3,(H,23,25). The number of pyridine rings is 1. The topological polar surface area (TPSA) is 79.4 Å². The summed E-state index contributed by atoms with van der Waals surface area (Å²) in [7, 11) is -3.55. The Bertz CT molecular complexity index is 978. The maximum atomic E-state index is 13.3. The van der Waals surface area contributed by atoms with E-state index in [9.17, 15) is 17.6 Å². The smallest absolute Gasteiger partial charge is 0.255 e. The third-order valence-corrected chi connectivity index (χ3v) is 6.16. The van der Waals surface area contributed by atoms with Crippen LogP contribution in [0.4, 0.5) is 15.9 Å². The van der Waals surface area contributed by atoms with Gasteiger partial charge in [0.2, 0.25) is 10.0 Å². The SMILES string of the molecule is CS(=O)(=O)N(c1cc(C(=O)Nc2ccc(F)c(Cl)c2)ccn1)C1CCCCC1. The molecular formula is C19H21ClFN3O3S. The van der Waals surface area contributed by atoms with Gasteiger partial charge in [-0.25, -0.2) is 17.8 Å². The molecule has 2 aromatic rings. The fourth-order valence-corrected chi connectivity index (χ4v) is 4.77. The first-order valence-electron chi connectivity index (χ1n) is 8.97. The molecule has 6 nitrogen and oxygen atoms in total. The predicted octanol–water partition coefficient (Wildman–Crippen LogP) is 4.23. The Kier molecular flexibility index (Phi) is 6.20. The summed E-state index contributed by atoms with van der Waals surface area (Å²) in [6.45, 7) is 0. The van der Waals surface area contributed by atoms with Gasteiger partial charge in [-0.1, -0.05) is 30.9 Å². The van der Waals surface area contributed by atoms with E-state index in [1.807, 2.05) is 0 Å². The van der Waals surface area contributed by atoms with E-state index in [0.29, 0.717) is 5.69 Å². The largest absolute Gasteiger partial charge is 0.322 e. The van der Waals surface area contributed by atoms with E-state index in [0.717, 1.165) is 44.4 Å². The number of sulfonamides is 1. The molecule has 1 N–H and O–H groups in total. The second kappa shape index (κ2) is 8.45. The minimum absolute atomic E-state index is 0.103.